The van der Waals surface area contributed by atoms with E-state index in [-0.39, 0.29) is 0 Å². The molecule has 0 spiro atoms. The molecule has 0 aliphatic heterocycles. The molecule has 0 amide bonds. The summed E-state index contributed by atoms with van der Waals surface area (Å²) in [6.07, 6.45) is 5.64. The molecule has 4 aromatic rings. The summed E-state index contributed by atoms with van der Waals surface area (Å²) in [5, 5.41) is 0. The molecule has 2 heteroatoms. The average Bonchev–Trinajstić information content (AvgIpc) is 3.17. The standard InChI is InChI=1S/C31H26N2/c1-21-9-5-6-12-24(21)29-28(32)16-15-26-25-13-7-8-14-27(25)31(30(26)29,22-10-3-2-4-11-22)23-17-19-33-20-18-23/h2-14,17-20H,15-16,32H2,1H3. The summed E-state index contributed by atoms with van der Waals surface area (Å²) in [6.45, 7) is 2.18. The van der Waals surface area contributed by atoms with Gasteiger partial charge < -0.3 is 5.73 Å². The lowest BCUT2D eigenvalue weighted by Gasteiger charge is -2.38. The van der Waals surface area contributed by atoms with Crippen LogP contribution in [0.25, 0.3) is 11.1 Å². The topological polar surface area (TPSA) is 38.9 Å². The van der Waals surface area contributed by atoms with Crippen LogP contribution in [-0.4, -0.2) is 4.98 Å². The first-order chi connectivity index (χ1) is 16.2. The third kappa shape index (κ3) is 2.77. The van der Waals surface area contributed by atoms with Crippen molar-refractivity contribution in [1.82, 2.24) is 4.98 Å². The van der Waals surface area contributed by atoms with Gasteiger partial charge in [0, 0.05) is 23.7 Å². The summed E-state index contributed by atoms with van der Waals surface area (Å²) < 4.78 is 0. The van der Waals surface area contributed by atoms with Gasteiger partial charge in [-0.1, -0.05) is 78.9 Å². The Morgan fingerprint density at radius 3 is 2.09 bits per heavy atom. The van der Waals surface area contributed by atoms with Gasteiger partial charge in [-0.2, -0.15) is 0 Å². The molecular weight excluding hydrogens is 400 g/mol. The molecule has 2 aliphatic carbocycles. The molecule has 2 aliphatic rings. The van der Waals surface area contributed by atoms with Crippen molar-refractivity contribution in [3.63, 3.8) is 0 Å². The van der Waals surface area contributed by atoms with E-state index in [0.29, 0.717) is 0 Å². The number of allylic oxidation sites excluding steroid dienone is 4. The maximum Gasteiger partial charge on any atom is 0.0718 e. The summed E-state index contributed by atoms with van der Waals surface area (Å²) in [4.78, 5) is 4.36. The number of fused-ring (bicyclic) bond motifs is 2. The smallest absolute Gasteiger partial charge is 0.0718 e. The fraction of sp³-hybridized carbons (Fsp3) is 0.129. The van der Waals surface area contributed by atoms with Gasteiger partial charge in [0.05, 0.1) is 5.41 Å². The second-order valence-corrected chi connectivity index (χ2v) is 8.97. The van der Waals surface area contributed by atoms with Crippen LogP contribution in [0.2, 0.25) is 0 Å². The molecule has 2 nitrogen and oxygen atoms in total. The summed E-state index contributed by atoms with van der Waals surface area (Å²) in [5.41, 5.74) is 19.0. The molecule has 0 radical (unpaired) electrons. The third-order valence-corrected chi connectivity index (χ3v) is 7.28. The molecule has 0 saturated carbocycles. The summed E-state index contributed by atoms with van der Waals surface area (Å²) in [5.74, 6) is 0. The monoisotopic (exact) mass is 426 g/mol. The predicted octanol–water partition coefficient (Wildman–Crippen LogP) is 6.66. The molecule has 1 atom stereocenters. The van der Waals surface area contributed by atoms with Crippen LogP contribution in [0.15, 0.2) is 115 Å². The number of pyridine rings is 1. The number of hydrogen-bond donors (Lipinski definition) is 1. The number of aromatic nitrogens is 1. The highest BCUT2D eigenvalue weighted by atomic mass is 14.6. The zero-order valence-electron chi connectivity index (χ0n) is 18.8. The maximum absolute atomic E-state index is 6.88. The fourth-order valence-corrected chi connectivity index (χ4v) is 5.93. The molecular formula is C31H26N2. The number of nitrogens with zero attached hydrogens (tertiary/aromatic N) is 1. The van der Waals surface area contributed by atoms with E-state index < -0.39 is 5.41 Å². The molecule has 160 valence electrons. The van der Waals surface area contributed by atoms with Gasteiger partial charge in [-0.15, -0.1) is 0 Å². The van der Waals surface area contributed by atoms with Crippen molar-refractivity contribution < 1.29 is 0 Å². The molecule has 0 fully saturated rings. The Labute approximate surface area is 195 Å². The van der Waals surface area contributed by atoms with Crippen LogP contribution in [0.3, 0.4) is 0 Å². The van der Waals surface area contributed by atoms with Crippen LogP contribution in [0, 0.1) is 6.92 Å². The Morgan fingerprint density at radius 2 is 1.33 bits per heavy atom. The highest BCUT2D eigenvalue weighted by Crippen LogP contribution is 2.61. The van der Waals surface area contributed by atoms with Gasteiger partial charge in [0.2, 0.25) is 0 Å². The molecule has 33 heavy (non-hydrogen) atoms. The molecule has 0 saturated heterocycles. The Morgan fingerprint density at radius 1 is 0.697 bits per heavy atom. The van der Waals surface area contributed by atoms with Crippen molar-refractivity contribution in [2.75, 3.05) is 0 Å². The predicted molar refractivity (Wildman–Crippen MR) is 135 cm³/mol. The first kappa shape index (κ1) is 19.8. The van der Waals surface area contributed by atoms with Gasteiger partial charge in [0.15, 0.2) is 0 Å². The third-order valence-electron chi connectivity index (χ3n) is 7.28. The largest absolute Gasteiger partial charge is 0.402 e. The van der Waals surface area contributed by atoms with Gasteiger partial charge >= 0.3 is 0 Å². The number of hydrogen-bond acceptors (Lipinski definition) is 2. The minimum Gasteiger partial charge on any atom is -0.402 e. The number of nitrogens with two attached hydrogens (primary N) is 1. The van der Waals surface area contributed by atoms with E-state index in [2.05, 4.69) is 103 Å². The normalized spacial score (nSPS) is 19.4. The lowest BCUT2D eigenvalue weighted by atomic mass is 9.63. The Bertz CT molecular complexity index is 1370. The maximum atomic E-state index is 6.88. The van der Waals surface area contributed by atoms with Crippen LogP contribution in [0.1, 0.15) is 46.2 Å². The van der Waals surface area contributed by atoms with Crippen LogP contribution < -0.4 is 5.73 Å². The molecule has 1 heterocycles. The van der Waals surface area contributed by atoms with Crippen LogP contribution in [0.4, 0.5) is 0 Å². The van der Waals surface area contributed by atoms with Gasteiger partial charge in [-0.25, -0.2) is 0 Å². The second kappa shape index (κ2) is 7.60. The second-order valence-electron chi connectivity index (χ2n) is 8.97. The molecule has 2 N–H and O–H groups in total. The Hall–Kier alpha value is -3.91. The highest BCUT2D eigenvalue weighted by Gasteiger charge is 2.50. The van der Waals surface area contributed by atoms with Crippen molar-refractivity contribution in [2.24, 2.45) is 5.73 Å². The molecule has 3 aromatic carbocycles. The average molecular weight is 427 g/mol. The summed E-state index contributed by atoms with van der Waals surface area (Å²) in [7, 11) is 0. The SMILES string of the molecule is Cc1ccccc1C1=C(N)CCC2=C1C(c1ccccc1)(c1ccncc1)c1ccccc12. The van der Waals surface area contributed by atoms with Crippen molar-refractivity contribution >= 4 is 11.1 Å². The van der Waals surface area contributed by atoms with Crippen LogP contribution in [0.5, 0.6) is 0 Å². The fourth-order valence-electron chi connectivity index (χ4n) is 5.93. The Kier molecular flexibility index (Phi) is 4.55. The summed E-state index contributed by atoms with van der Waals surface area (Å²) >= 11 is 0. The van der Waals surface area contributed by atoms with E-state index in [4.69, 9.17) is 5.73 Å². The van der Waals surface area contributed by atoms with E-state index in [1.807, 2.05) is 12.4 Å². The van der Waals surface area contributed by atoms with Gasteiger partial charge in [0.1, 0.15) is 0 Å². The quantitative estimate of drug-likeness (QED) is 0.398. The van der Waals surface area contributed by atoms with Gasteiger partial charge in [0.25, 0.3) is 0 Å². The number of benzene rings is 3. The molecule has 1 unspecified atom stereocenters. The van der Waals surface area contributed by atoms with Crippen molar-refractivity contribution in [3.8, 4) is 0 Å². The van der Waals surface area contributed by atoms with Crippen molar-refractivity contribution in [1.29, 1.82) is 0 Å². The van der Waals surface area contributed by atoms with Gasteiger partial charge in [-0.05, 0) is 76.4 Å². The summed E-state index contributed by atoms with van der Waals surface area (Å²) in [6, 6.07) is 32.8. The van der Waals surface area contributed by atoms with E-state index in [0.717, 1.165) is 18.5 Å². The number of rotatable bonds is 3. The first-order valence-corrected chi connectivity index (χ1v) is 11.6. The molecule has 6 rings (SSSR count). The van der Waals surface area contributed by atoms with Crippen LogP contribution >= 0.6 is 0 Å². The Balaban J connectivity index is 1.79. The lowest BCUT2D eigenvalue weighted by molar-refractivity contribution is 0.755. The minimum absolute atomic E-state index is 0.446. The van der Waals surface area contributed by atoms with Gasteiger partial charge in [-0.3, -0.25) is 4.98 Å². The highest BCUT2D eigenvalue weighted by molar-refractivity contribution is 6.02. The van der Waals surface area contributed by atoms with E-state index >= 15 is 0 Å². The van der Waals surface area contributed by atoms with E-state index in [1.165, 1.54) is 50.1 Å². The number of aryl methyl sites for hydroxylation is 1. The lowest BCUT2D eigenvalue weighted by Crippen LogP contribution is -2.32. The van der Waals surface area contributed by atoms with E-state index in [9.17, 15) is 0 Å². The van der Waals surface area contributed by atoms with Crippen molar-refractivity contribution in [2.45, 2.75) is 25.2 Å². The van der Waals surface area contributed by atoms with Crippen molar-refractivity contribution in [3.05, 3.63) is 148 Å². The van der Waals surface area contributed by atoms with Crippen LogP contribution in [-0.2, 0) is 5.41 Å². The first-order valence-electron chi connectivity index (χ1n) is 11.6. The molecule has 0 bridgehead atoms. The minimum atomic E-state index is -0.446. The van der Waals surface area contributed by atoms with E-state index in [1.54, 1.807) is 0 Å². The zero-order valence-corrected chi connectivity index (χ0v) is 18.8. The zero-order chi connectivity index (χ0) is 22.4. The molecule has 1 aromatic heterocycles.